The van der Waals surface area contributed by atoms with E-state index >= 15 is 0 Å². The predicted molar refractivity (Wildman–Crippen MR) is 47.0 cm³/mol. The van der Waals surface area contributed by atoms with E-state index in [1.54, 1.807) is 6.08 Å². The van der Waals surface area contributed by atoms with Crippen LogP contribution >= 0.6 is 0 Å². The van der Waals surface area contributed by atoms with Crippen molar-refractivity contribution in [1.29, 1.82) is 0 Å². The first kappa shape index (κ1) is 7.58. The molecule has 0 aromatic carbocycles. The highest BCUT2D eigenvalue weighted by Gasteiger charge is 1.92. The molecule has 0 saturated carbocycles. The van der Waals surface area contributed by atoms with Crippen molar-refractivity contribution in [3.05, 3.63) is 35.7 Å². The van der Waals surface area contributed by atoms with Gasteiger partial charge in [0.25, 0.3) is 0 Å². The van der Waals surface area contributed by atoms with E-state index in [0.29, 0.717) is 5.82 Å². The van der Waals surface area contributed by atoms with Gasteiger partial charge in [-0.1, -0.05) is 6.58 Å². The summed E-state index contributed by atoms with van der Waals surface area (Å²) in [6.07, 6.45) is 1.70. The Kier molecular flexibility index (Phi) is 2.09. The molecule has 2 heteroatoms. The van der Waals surface area contributed by atoms with Gasteiger partial charge in [0, 0.05) is 6.08 Å². The number of aryl methyl sites for hydroxylation is 1. The van der Waals surface area contributed by atoms with E-state index in [1.807, 2.05) is 19.1 Å². The molecule has 56 valence electrons. The molecule has 0 radical (unpaired) electrons. The van der Waals surface area contributed by atoms with Gasteiger partial charge in [-0.3, -0.25) is 0 Å². The number of hydrogen-bond donors (Lipinski definition) is 1. The molecule has 0 fully saturated rings. The molecule has 0 amide bonds. The lowest BCUT2D eigenvalue weighted by molar-refractivity contribution is 1.27. The smallest absolute Gasteiger partial charge is 0.124 e. The van der Waals surface area contributed by atoms with Gasteiger partial charge >= 0.3 is 0 Å². The van der Waals surface area contributed by atoms with Gasteiger partial charge in [0.05, 0.1) is 5.69 Å². The summed E-state index contributed by atoms with van der Waals surface area (Å²) < 4.78 is 0. The van der Waals surface area contributed by atoms with Crippen LogP contribution in [0.5, 0.6) is 0 Å². The number of aromatic nitrogens is 1. The van der Waals surface area contributed by atoms with Crippen molar-refractivity contribution >= 4 is 11.9 Å². The van der Waals surface area contributed by atoms with Gasteiger partial charge in [0.15, 0.2) is 0 Å². The summed E-state index contributed by atoms with van der Waals surface area (Å²) in [6, 6.07) is 3.75. The number of nitrogens with two attached hydrogens (primary N) is 1. The Morgan fingerprint density at radius 3 is 2.91 bits per heavy atom. The number of hydrogen-bond acceptors (Lipinski definition) is 2. The quantitative estimate of drug-likeness (QED) is 0.613. The summed E-state index contributed by atoms with van der Waals surface area (Å²) in [7, 11) is 0. The van der Waals surface area contributed by atoms with Gasteiger partial charge in [-0.05, 0) is 24.6 Å². The Balaban J connectivity index is 3.18. The van der Waals surface area contributed by atoms with Crippen LogP contribution in [0.15, 0.2) is 24.4 Å². The topological polar surface area (TPSA) is 38.9 Å². The van der Waals surface area contributed by atoms with E-state index in [9.17, 15) is 0 Å². The fourth-order valence-corrected chi connectivity index (χ4v) is 0.900. The molecular formula is C9H10N2. The molecular weight excluding hydrogens is 136 g/mol. The first-order chi connectivity index (χ1) is 5.22. The third-order valence-corrected chi connectivity index (χ3v) is 1.26. The zero-order chi connectivity index (χ0) is 8.27. The lowest BCUT2D eigenvalue weighted by atomic mass is 10.2. The van der Waals surface area contributed by atoms with E-state index in [-0.39, 0.29) is 0 Å². The average molecular weight is 146 g/mol. The SMILES string of the molecule is C=C=Cc1cc(C)cc(N)n1. The lowest BCUT2D eigenvalue weighted by Crippen LogP contribution is -1.92. The van der Waals surface area contributed by atoms with Crippen LogP contribution in [0.2, 0.25) is 0 Å². The average Bonchev–Trinajstić information content (AvgIpc) is 1.85. The molecule has 1 rings (SSSR count). The summed E-state index contributed by atoms with van der Waals surface area (Å²) >= 11 is 0. The molecule has 0 saturated heterocycles. The number of pyridine rings is 1. The van der Waals surface area contributed by atoms with Gasteiger partial charge < -0.3 is 5.73 Å². The fourth-order valence-electron chi connectivity index (χ4n) is 0.900. The molecule has 0 unspecified atom stereocenters. The van der Waals surface area contributed by atoms with Crippen molar-refractivity contribution in [2.45, 2.75) is 6.92 Å². The van der Waals surface area contributed by atoms with E-state index in [4.69, 9.17) is 5.73 Å². The fraction of sp³-hybridized carbons (Fsp3) is 0.111. The van der Waals surface area contributed by atoms with E-state index in [1.165, 1.54) is 0 Å². The second kappa shape index (κ2) is 3.04. The van der Waals surface area contributed by atoms with E-state index in [2.05, 4.69) is 17.3 Å². The highest BCUT2D eigenvalue weighted by molar-refractivity contribution is 5.48. The standard InChI is InChI=1S/C9H10N2/c1-3-4-8-5-7(2)6-9(10)11-8/h4-6H,1H2,2H3,(H2,10,11). The molecule has 1 aromatic heterocycles. The summed E-state index contributed by atoms with van der Waals surface area (Å²) in [5.74, 6) is 0.534. The normalized spacial score (nSPS) is 8.82. The monoisotopic (exact) mass is 146 g/mol. The van der Waals surface area contributed by atoms with E-state index in [0.717, 1.165) is 11.3 Å². The van der Waals surface area contributed by atoms with Crippen molar-refractivity contribution in [2.75, 3.05) is 5.73 Å². The molecule has 1 heterocycles. The number of nitrogens with zero attached hydrogens (tertiary/aromatic N) is 1. The van der Waals surface area contributed by atoms with Gasteiger partial charge in [-0.25, -0.2) is 4.98 Å². The van der Waals surface area contributed by atoms with Crippen LogP contribution < -0.4 is 5.73 Å². The Labute approximate surface area is 66.1 Å². The molecule has 0 aliphatic carbocycles. The zero-order valence-electron chi connectivity index (χ0n) is 6.46. The third kappa shape index (κ3) is 1.95. The van der Waals surface area contributed by atoms with Crippen molar-refractivity contribution < 1.29 is 0 Å². The van der Waals surface area contributed by atoms with Crippen molar-refractivity contribution in [3.63, 3.8) is 0 Å². The maximum Gasteiger partial charge on any atom is 0.124 e. The molecule has 0 aliphatic heterocycles. The maximum atomic E-state index is 5.51. The highest BCUT2D eigenvalue weighted by Crippen LogP contribution is 2.06. The van der Waals surface area contributed by atoms with Crippen LogP contribution in [0.25, 0.3) is 6.08 Å². The summed E-state index contributed by atoms with van der Waals surface area (Å²) in [4.78, 5) is 4.04. The largest absolute Gasteiger partial charge is 0.384 e. The molecule has 1 aromatic rings. The minimum absolute atomic E-state index is 0.534. The van der Waals surface area contributed by atoms with Crippen LogP contribution in [0.3, 0.4) is 0 Å². The molecule has 0 aliphatic rings. The van der Waals surface area contributed by atoms with Gasteiger partial charge in [-0.2, -0.15) is 0 Å². The minimum Gasteiger partial charge on any atom is -0.384 e. The zero-order valence-corrected chi connectivity index (χ0v) is 6.46. The minimum atomic E-state index is 0.534. The Bertz CT molecular complexity index is 289. The molecule has 0 atom stereocenters. The Morgan fingerprint density at radius 1 is 1.64 bits per heavy atom. The van der Waals surface area contributed by atoms with Gasteiger partial charge in [-0.15, -0.1) is 5.73 Å². The van der Waals surface area contributed by atoms with Crippen LogP contribution in [-0.2, 0) is 0 Å². The molecule has 2 nitrogen and oxygen atoms in total. The first-order valence-electron chi connectivity index (χ1n) is 3.32. The molecule has 0 bridgehead atoms. The lowest BCUT2D eigenvalue weighted by Gasteiger charge is -1.96. The summed E-state index contributed by atoms with van der Waals surface area (Å²) in [5, 5.41) is 0. The van der Waals surface area contributed by atoms with Crippen LogP contribution in [0.1, 0.15) is 11.3 Å². The third-order valence-electron chi connectivity index (χ3n) is 1.26. The van der Waals surface area contributed by atoms with Crippen molar-refractivity contribution in [1.82, 2.24) is 4.98 Å². The summed E-state index contributed by atoms with van der Waals surface area (Å²) in [5.41, 5.74) is 10.1. The Morgan fingerprint density at radius 2 is 2.36 bits per heavy atom. The van der Waals surface area contributed by atoms with Gasteiger partial charge in [0.2, 0.25) is 0 Å². The first-order valence-corrected chi connectivity index (χ1v) is 3.32. The van der Waals surface area contributed by atoms with Crippen LogP contribution in [-0.4, -0.2) is 4.98 Å². The van der Waals surface area contributed by atoms with Gasteiger partial charge in [0.1, 0.15) is 5.82 Å². The second-order valence-corrected chi connectivity index (χ2v) is 2.34. The maximum absolute atomic E-state index is 5.51. The van der Waals surface area contributed by atoms with E-state index < -0.39 is 0 Å². The number of rotatable bonds is 1. The number of anilines is 1. The molecule has 11 heavy (non-hydrogen) atoms. The molecule has 2 N–H and O–H groups in total. The van der Waals surface area contributed by atoms with Crippen LogP contribution in [0, 0.1) is 6.92 Å². The predicted octanol–water partition coefficient (Wildman–Crippen LogP) is 1.77. The highest BCUT2D eigenvalue weighted by atomic mass is 14.8. The van der Waals surface area contributed by atoms with Crippen molar-refractivity contribution in [2.24, 2.45) is 0 Å². The summed E-state index contributed by atoms with van der Waals surface area (Å²) in [6.45, 7) is 5.42. The molecule has 0 spiro atoms. The number of nitrogen functional groups attached to an aromatic ring is 1. The van der Waals surface area contributed by atoms with Crippen molar-refractivity contribution in [3.8, 4) is 0 Å². The van der Waals surface area contributed by atoms with Crippen LogP contribution in [0.4, 0.5) is 5.82 Å². The second-order valence-electron chi connectivity index (χ2n) is 2.34. The Hall–Kier alpha value is -1.53.